The Labute approximate surface area is 204 Å². The molecule has 0 bridgehead atoms. The van der Waals surface area contributed by atoms with Gasteiger partial charge in [0.1, 0.15) is 11.6 Å². The highest BCUT2D eigenvalue weighted by Crippen LogP contribution is 2.38. The van der Waals surface area contributed by atoms with Gasteiger partial charge in [-0.05, 0) is 59.7 Å². The molecule has 182 valence electrons. The summed E-state index contributed by atoms with van der Waals surface area (Å²) in [7, 11) is 1.32. The maximum Gasteiger partial charge on any atom is 0.307 e. The second-order valence-electron chi connectivity index (χ2n) is 8.81. The zero-order chi connectivity index (χ0) is 24.6. The molecule has 1 fully saturated rings. The van der Waals surface area contributed by atoms with Gasteiger partial charge in [-0.2, -0.15) is 0 Å². The number of halogens is 1. The minimum absolute atomic E-state index is 0.104. The summed E-state index contributed by atoms with van der Waals surface area (Å²) in [6.07, 6.45) is 6.40. The molecule has 1 heterocycles. The van der Waals surface area contributed by atoms with E-state index in [1.807, 2.05) is 6.07 Å². The van der Waals surface area contributed by atoms with Crippen molar-refractivity contribution in [1.82, 2.24) is 10.3 Å². The van der Waals surface area contributed by atoms with E-state index in [1.54, 1.807) is 24.4 Å². The third-order valence-corrected chi connectivity index (χ3v) is 6.49. The quantitative estimate of drug-likeness (QED) is 0.398. The molecule has 1 aliphatic carbocycles. The Hall–Kier alpha value is -3.74. The number of benzene rings is 2. The average Bonchev–Trinajstić information content (AvgIpc) is 3.43. The number of pyridine rings is 1. The smallest absolute Gasteiger partial charge is 0.307 e. The molecular weight excluding hydrogens is 445 g/mol. The average molecular weight is 476 g/mol. The van der Waals surface area contributed by atoms with Gasteiger partial charge in [0.2, 0.25) is 0 Å². The number of aromatic nitrogens is 1. The SMILES string of the molecule is COC(=O)CCNC(=O)c1ccc(NC(c2ccc(-c3ccc(F)cc3)cc2)C2CCCC2)nc1. The monoisotopic (exact) mass is 475 g/mol. The molecule has 0 radical (unpaired) electrons. The molecule has 1 saturated carbocycles. The fourth-order valence-corrected chi connectivity index (χ4v) is 4.54. The predicted molar refractivity (Wildman–Crippen MR) is 133 cm³/mol. The van der Waals surface area contributed by atoms with Crippen molar-refractivity contribution in [2.24, 2.45) is 5.92 Å². The van der Waals surface area contributed by atoms with Gasteiger partial charge in [-0.1, -0.05) is 49.2 Å². The zero-order valence-corrected chi connectivity index (χ0v) is 19.8. The Kier molecular flexibility index (Phi) is 8.08. The van der Waals surface area contributed by atoms with Gasteiger partial charge < -0.3 is 15.4 Å². The normalized spacial score (nSPS) is 14.3. The van der Waals surface area contributed by atoms with Gasteiger partial charge in [-0.25, -0.2) is 9.37 Å². The molecule has 7 heteroatoms. The highest BCUT2D eigenvalue weighted by atomic mass is 19.1. The molecular formula is C28H30FN3O3. The van der Waals surface area contributed by atoms with Gasteiger partial charge in [-0.15, -0.1) is 0 Å². The van der Waals surface area contributed by atoms with Crippen LogP contribution in [0.3, 0.4) is 0 Å². The fraction of sp³-hybridized carbons (Fsp3) is 0.321. The molecule has 1 unspecified atom stereocenters. The number of anilines is 1. The van der Waals surface area contributed by atoms with Crippen LogP contribution in [-0.2, 0) is 9.53 Å². The highest BCUT2D eigenvalue weighted by molar-refractivity contribution is 5.94. The first-order chi connectivity index (χ1) is 17.0. The number of hydrogen-bond donors (Lipinski definition) is 2. The topological polar surface area (TPSA) is 80.3 Å². The number of esters is 1. The largest absolute Gasteiger partial charge is 0.469 e. The van der Waals surface area contributed by atoms with Crippen LogP contribution in [0.25, 0.3) is 11.1 Å². The first-order valence-corrected chi connectivity index (χ1v) is 12.0. The third kappa shape index (κ3) is 6.44. The molecule has 35 heavy (non-hydrogen) atoms. The summed E-state index contributed by atoms with van der Waals surface area (Å²) in [5.74, 6) is 0.307. The van der Waals surface area contributed by atoms with E-state index in [1.165, 1.54) is 37.6 Å². The highest BCUT2D eigenvalue weighted by Gasteiger charge is 2.26. The molecule has 0 aliphatic heterocycles. The number of nitrogens with zero attached hydrogens (tertiary/aromatic N) is 1. The van der Waals surface area contributed by atoms with Crippen molar-refractivity contribution in [3.8, 4) is 11.1 Å². The number of ether oxygens (including phenoxy) is 1. The lowest BCUT2D eigenvalue weighted by Crippen LogP contribution is -2.26. The molecule has 2 aromatic carbocycles. The van der Waals surface area contributed by atoms with E-state index in [4.69, 9.17) is 0 Å². The van der Waals surface area contributed by atoms with Crippen molar-refractivity contribution in [3.05, 3.63) is 83.8 Å². The first-order valence-electron chi connectivity index (χ1n) is 12.0. The molecule has 2 N–H and O–H groups in total. The Morgan fingerprint density at radius 1 is 1.00 bits per heavy atom. The number of carbonyl (C=O) groups is 2. The van der Waals surface area contributed by atoms with Crippen LogP contribution >= 0.6 is 0 Å². The number of amides is 1. The van der Waals surface area contributed by atoms with E-state index >= 15 is 0 Å². The van der Waals surface area contributed by atoms with E-state index in [-0.39, 0.29) is 36.7 Å². The maximum absolute atomic E-state index is 13.3. The summed E-state index contributed by atoms with van der Waals surface area (Å²) in [5, 5.41) is 6.28. The van der Waals surface area contributed by atoms with Crippen LogP contribution in [0.15, 0.2) is 66.9 Å². The minimum Gasteiger partial charge on any atom is -0.469 e. The summed E-state index contributed by atoms with van der Waals surface area (Å²) in [4.78, 5) is 28.0. The Morgan fingerprint density at radius 2 is 1.66 bits per heavy atom. The zero-order valence-electron chi connectivity index (χ0n) is 19.8. The lowest BCUT2D eigenvalue weighted by Gasteiger charge is -2.26. The summed E-state index contributed by atoms with van der Waals surface area (Å²) < 4.78 is 17.8. The number of carbonyl (C=O) groups excluding carboxylic acids is 2. The van der Waals surface area contributed by atoms with E-state index in [2.05, 4.69) is 44.6 Å². The second kappa shape index (κ2) is 11.6. The van der Waals surface area contributed by atoms with Crippen LogP contribution in [0, 0.1) is 11.7 Å². The fourth-order valence-electron chi connectivity index (χ4n) is 4.54. The molecule has 6 nitrogen and oxygen atoms in total. The molecule has 3 aromatic rings. The van der Waals surface area contributed by atoms with E-state index in [9.17, 15) is 14.0 Å². The number of methoxy groups -OCH3 is 1. The van der Waals surface area contributed by atoms with Gasteiger partial charge >= 0.3 is 5.97 Å². The summed E-state index contributed by atoms with van der Waals surface area (Å²) >= 11 is 0. The van der Waals surface area contributed by atoms with Crippen molar-refractivity contribution in [2.75, 3.05) is 19.0 Å². The van der Waals surface area contributed by atoms with Gasteiger partial charge in [0, 0.05) is 12.7 Å². The van der Waals surface area contributed by atoms with Crippen molar-refractivity contribution in [1.29, 1.82) is 0 Å². The summed E-state index contributed by atoms with van der Waals surface area (Å²) in [6.45, 7) is 0.211. The molecule has 4 rings (SSSR count). The lowest BCUT2D eigenvalue weighted by molar-refractivity contribution is -0.140. The van der Waals surface area contributed by atoms with Crippen molar-refractivity contribution in [3.63, 3.8) is 0 Å². The predicted octanol–water partition coefficient (Wildman–Crippen LogP) is 5.52. The molecule has 1 atom stereocenters. The molecule has 0 spiro atoms. The van der Waals surface area contributed by atoms with Crippen molar-refractivity contribution < 1.29 is 18.7 Å². The molecule has 1 aliphatic rings. The van der Waals surface area contributed by atoms with Gasteiger partial charge in [0.05, 0.1) is 25.1 Å². The van der Waals surface area contributed by atoms with Crippen LogP contribution in [0.1, 0.15) is 54.1 Å². The van der Waals surface area contributed by atoms with Gasteiger partial charge in [-0.3, -0.25) is 9.59 Å². The van der Waals surface area contributed by atoms with E-state index in [0.717, 1.165) is 24.0 Å². The maximum atomic E-state index is 13.3. The first kappa shape index (κ1) is 24.4. The Morgan fingerprint density at radius 3 is 2.26 bits per heavy atom. The Balaban J connectivity index is 1.45. The second-order valence-corrected chi connectivity index (χ2v) is 8.81. The van der Waals surface area contributed by atoms with Crippen LogP contribution in [0.2, 0.25) is 0 Å². The molecule has 1 amide bonds. The third-order valence-electron chi connectivity index (χ3n) is 6.49. The van der Waals surface area contributed by atoms with Crippen molar-refractivity contribution in [2.45, 2.75) is 38.1 Å². The standard InChI is InChI=1S/C28H30FN3O3/c1-35-26(33)16-17-30-28(34)23-12-15-25(31-18-23)32-27(21-4-2-3-5-21)22-8-6-19(7-9-22)20-10-13-24(29)14-11-20/h6-15,18,21,27H,2-5,16-17H2,1H3,(H,30,34)(H,31,32). The lowest BCUT2D eigenvalue weighted by atomic mass is 9.90. The van der Waals surface area contributed by atoms with Crippen LogP contribution in [0.5, 0.6) is 0 Å². The van der Waals surface area contributed by atoms with E-state index < -0.39 is 0 Å². The van der Waals surface area contributed by atoms with Crippen molar-refractivity contribution >= 4 is 17.7 Å². The molecule has 0 saturated heterocycles. The van der Waals surface area contributed by atoms with Crippen LogP contribution in [0.4, 0.5) is 10.2 Å². The van der Waals surface area contributed by atoms with Crippen LogP contribution < -0.4 is 10.6 Å². The molecule has 1 aromatic heterocycles. The minimum atomic E-state index is -0.369. The van der Waals surface area contributed by atoms with Crippen LogP contribution in [-0.4, -0.2) is 30.5 Å². The number of nitrogens with one attached hydrogen (secondary N) is 2. The number of rotatable bonds is 9. The number of hydrogen-bond acceptors (Lipinski definition) is 5. The van der Waals surface area contributed by atoms with Gasteiger partial charge in [0.25, 0.3) is 5.91 Å². The van der Waals surface area contributed by atoms with Gasteiger partial charge in [0.15, 0.2) is 0 Å². The van der Waals surface area contributed by atoms with E-state index in [0.29, 0.717) is 17.3 Å². The summed E-state index contributed by atoms with van der Waals surface area (Å²) in [6, 6.07) is 18.5. The Bertz CT molecular complexity index is 1130. The summed E-state index contributed by atoms with van der Waals surface area (Å²) in [5.41, 5.74) is 3.63.